The quantitative estimate of drug-likeness (QED) is 0.815. The van der Waals surface area contributed by atoms with Gasteiger partial charge in [0.2, 0.25) is 11.8 Å². The molecule has 0 saturated carbocycles. The number of carbonyl (C=O) groups is 3. The molecule has 1 aliphatic heterocycles. The van der Waals surface area contributed by atoms with Crippen LogP contribution in [0.2, 0.25) is 0 Å². The highest BCUT2D eigenvalue weighted by Crippen LogP contribution is 2.19. The van der Waals surface area contributed by atoms with E-state index >= 15 is 0 Å². The van der Waals surface area contributed by atoms with E-state index in [2.05, 4.69) is 10.6 Å². The van der Waals surface area contributed by atoms with Crippen LogP contribution in [0.3, 0.4) is 0 Å². The highest BCUT2D eigenvalue weighted by Gasteiger charge is 2.36. The molecule has 1 heterocycles. The summed E-state index contributed by atoms with van der Waals surface area (Å²) < 4.78 is 5.32. The Balaban J connectivity index is 1.93. The molecule has 1 aliphatic rings. The Labute approximate surface area is 147 Å². The summed E-state index contributed by atoms with van der Waals surface area (Å²) in [5, 5.41) is 5.24. The normalized spacial score (nSPS) is 17.7. The highest BCUT2D eigenvalue weighted by atomic mass is 16.6. The van der Waals surface area contributed by atoms with E-state index in [1.165, 1.54) is 11.9 Å². The molecular formula is C18H25N3O4. The highest BCUT2D eigenvalue weighted by molar-refractivity contribution is 5.91. The van der Waals surface area contributed by atoms with Crippen LogP contribution >= 0.6 is 0 Å². The van der Waals surface area contributed by atoms with Crippen LogP contribution in [-0.2, 0) is 20.9 Å². The van der Waals surface area contributed by atoms with Crippen LogP contribution in [0.25, 0.3) is 0 Å². The second kappa shape index (κ2) is 9.05. The third kappa shape index (κ3) is 4.95. The molecule has 0 bridgehead atoms. The van der Waals surface area contributed by atoms with Gasteiger partial charge < -0.3 is 15.4 Å². The lowest BCUT2D eigenvalue weighted by Crippen LogP contribution is -2.52. The van der Waals surface area contributed by atoms with Crippen molar-refractivity contribution in [3.05, 3.63) is 35.9 Å². The Bertz CT molecular complexity index is 606. The van der Waals surface area contributed by atoms with Gasteiger partial charge in [-0.1, -0.05) is 37.3 Å². The Morgan fingerprint density at radius 3 is 2.64 bits per heavy atom. The minimum absolute atomic E-state index is 0.167. The van der Waals surface area contributed by atoms with Crippen molar-refractivity contribution in [1.82, 2.24) is 15.5 Å². The number of nitrogens with zero attached hydrogens (tertiary/aromatic N) is 1. The molecule has 136 valence electrons. The molecule has 0 aromatic heterocycles. The first-order valence-electron chi connectivity index (χ1n) is 8.56. The van der Waals surface area contributed by atoms with Gasteiger partial charge in [0.25, 0.3) is 0 Å². The summed E-state index contributed by atoms with van der Waals surface area (Å²) in [5.41, 5.74) is 0.890. The number of carbonyl (C=O) groups excluding carboxylic acids is 3. The fraction of sp³-hybridized carbons (Fsp3) is 0.500. The Kier molecular flexibility index (Phi) is 6.80. The molecule has 1 fully saturated rings. The standard InChI is InChI=1S/C18H25N3O4/c1-3-14(16(22)19-2)20-17(23)15-10-7-11-21(15)18(24)25-12-13-8-5-4-6-9-13/h4-6,8-9,14-15H,3,7,10-12H2,1-2H3,(H,19,22)(H,20,23)/t14-,15+/m1/s1. The van der Waals surface area contributed by atoms with Crippen LogP contribution in [0.4, 0.5) is 4.79 Å². The molecular weight excluding hydrogens is 322 g/mol. The zero-order valence-corrected chi connectivity index (χ0v) is 14.7. The Hall–Kier alpha value is -2.57. The van der Waals surface area contributed by atoms with Crippen LogP contribution in [0.5, 0.6) is 0 Å². The fourth-order valence-corrected chi connectivity index (χ4v) is 2.86. The Morgan fingerprint density at radius 1 is 1.28 bits per heavy atom. The van der Waals surface area contributed by atoms with Gasteiger partial charge in [-0.05, 0) is 24.8 Å². The first-order chi connectivity index (χ1) is 12.1. The van der Waals surface area contributed by atoms with E-state index in [-0.39, 0.29) is 18.4 Å². The van der Waals surface area contributed by atoms with E-state index in [1.54, 1.807) is 0 Å². The average molecular weight is 347 g/mol. The number of likely N-dealkylation sites (N-methyl/N-ethyl adjacent to an activating group) is 1. The van der Waals surface area contributed by atoms with Crippen LogP contribution in [0.1, 0.15) is 31.7 Å². The van der Waals surface area contributed by atoms with Crippen molar-refractivity contribution in [2.45, 2.75) is 44.9 Å². The number of likely N-dealkylation sites (tertiary alicyclic amines) is 1. The minimum Gasteiger partial charge on any atom is -0.445 e. The summed E-state index contributed by atoms with van der Waals surface area (Å²) in [5.74, 6) is -0.559. The third-order valence-electron chi connectivity index (χ3n) is 4.28. The predicted octanol–water partition coefficient (Wildman–Crippen LogP) is 1.43. The number of rotatable bonds is 6. The zero-order chi connectivity index (χ0) is 18.2. The maximum absolute atomic E-state index is 12.5. The molecule has 1 aromatic carbocycles. The smallest absolute Gasteiger partial charge is 0.410 e. The Morgan fingerprint density at radius 2 is 2.00 bits per heavy atom. The number of hydrogen-bond acceptors (Lipinski definition) is 4. The van der Waals surface area contributed by atoms with E-state index in [1.807, 2.05) is 37.3 Å². The second-order valence-electron chi connectivity index (χ2n) is 5.98. The molecule has 0 radical (unpaired) electrons. The summed E-state index contributed by atoms with van der Waals surface area (Å²) >= 11 is 0. The molecule has 3 amide bonds. The molecule has 25 heavy (non-hydrogen) atoms. The SMILES string of the molecule is CC[C@@H](NC(=O)[C@@H]1CCCN1C(=O)OCc1ccccc1)C(=O)NC. The van der Waals surface area contributed by atoms with Gasteiger partial charge in [0.1, 0.15) is 18.7 Å². The predicted molar refractivity (Wildman–Crippen MR) is 92.6 cm³/mol. The van der Waals surface area contributed by atoms with Crippen molar-refractivity contribution in [3.63, 3.8) is 0 Å². The van der Waals surface area contributed by atoms with Crippen molar-refractivity contribution >= 4 is 17.9 Å². The molecule has 7 heteroatoms. The zero-order valence-electron chi connectivity index (χ0n) is 14.7. The molecule has 1 aromatic rings. The van der Waals surface area contributed by atoms with Gasteiger partial charge in [-0.15, -0.1) is 0 Å². The number of hydrogen-bond donors (Lipinski definition) is 2. The molecule has 0 spiro atoms. The first kappa shape index (κ1) is 18.8. The van der Waals surface area contributed by atoms with E-state index in [4.69, 9.17) is 4.74 Å². The molecule has 0 unspecified atom stereocenters. The number of nitrogens with one attached hydrogen (secondary N) is 2. The maximum atomic E-state index is 12.5. The van der Waals surface area contributed by atoms with Crippen molar-refractivity contribution in [3.8, 4) is 0 Å². The summed E-state index contributed by atoms with van der Waals surface area (Å²) in [7, 11) is 1.53. The number of amides is 3. The van der Waals surface area contributed by atoms with E-state index < -0.39 is 18.2 Å². The monoisotopic (exact) mass is 347 g/mol. The van der Waals surface area contributed by atoms with Crippen LogP contribution in [0.15, 0.2) is 30.3 Å². The fourth-order valence-electron chi connectivity index (χ4n) is 2.86. The lowest BCUT2D eigenvalue weighted by molar-refractivity contribution is -0.131. The summed E-state index contributed by atoms with van der Waals surface area (Å²) in [6.07, 6.45) is 1.27. The molecule has 2 N–H and O–H groups in total. The van der Waals surface area contributed by atoms with Gasteiger partial charge in [0.05, 0.1) is 0 Å². The topological polar surface area (TPSA) is 87.7 Å². The van der Waals surface area contributed by atoms with Crippen LogP contribution in [-0.4, -0.2) is 48.5 Å². The lowest BCUT2D eigenvalue weighted by Gasteiger charge is -2.25. The molecule has 0 aliphatic carbocycles. The summed E-state index contributed by atoms with van der Waals surface area (Å²) in [6.45, 7) is 2.46. The van der Waals surface area contributed by atoms with Gasteiger partial charge >= 0.3 is 6.09 Å². The molecule has 2 rings (SSSR count). The van der Waals surface area contributed by atoms with Crippen molar-refractivity contribution < 1.29 is 19.1 Å². The lowest BCUT2D eigenvalue weighted by atomic mass is 10.1. The van der Waals surface area contributed by atoms with E-state index in [0.29, 0.717) is 19.4 Å². The maximum Gasteiger partial charge on any atom is 0.410 e. The van der Waals surface area contributed by atoms with Crippen molar-refractivity contribution in [2.75, 3.05) is 13.6 Å². The molecule has 2 atom stereocenters. The third-order valence-corrected chi connectivity index (χ3v) is 4.28. The summed E-state index contributed by atoms with van der Waals surface area (Å²) in [6, 6.07) is 8.19. The van der Waals surface area contributed by atoms with Crippen LogP contribution < -0.4 is 10.6 Å². The largest absolute Gasteiger partial charge is 0.445 e. The van der Waals surface area contributed by atoms with E-state index in [9.17, 15) is 14.4 Å². The van der Waals surface area contributed by atoms with Gasteiger partial charge in [-0.3, -0.25) is 14.5 Å². The molecule has 1 saturated heterocycles. The summed E-state index contributed by atoms with van der Waals surface area (Å²) in [4.78, 5) is 38.0. The second-order valence-corrected chi connectivity index (χ2v) is 5.98. The first-order valence-corrected chi connectivity index (χ1v) is 8.56. The van der Waals surface area contributed by atoms with Gasteiger partial charge in [0, 0.05) is 13.6 Å². The van der Waals surface area contributed by atoms with Gasteiger partial charge in [-0.2, -0.15) is 0 Å². The van der Waals surface area contributed by atoms with Crippen molar-refractivity contribution in [1.29, 1.82) is 0 Å². The minimum atomic E-state index is -0.597. The number of ether oxygens (including phenoxy) is 1. The van der Waals surface area contributed by atoms with Gasteiger partial charge in [0.15, 0.2) is 0 Å². The van der Waals surface area contributed by atoms with E-state index in [0.717, 1.165) is 12.0 Å². The number of benzene rings is 1. The average Bonchev–Trinajstić information content (AvgIpc) is 3.14. The van der Waals surface area contributed by atoms with Crippen LogP contribution in [0, 0.1) is 0 Å². The molecule has 7 nitrogen and oxygen atoms in total. The van der Waals surface area contributed by atoms with Gasteiger partial charge in [-0.25, -0.2) is 4.79 Å². The van der Waals surface area contributed by atoms with Crippen molar-refractivity contribution in [2.24, 2.45) is 0 Å².